The van der Waals surface area contributed by atoms with E-state index in [-0.39, 0.29) is 39.6 Å². The van der Waals surface area contributed by atoms with Crippen molar-refractivity contribution in [3.05, 3.63) is 0 Å². The SMILES string of the molecule is COCCOCCOP1(NCCCN(C)C)=NP(NCCCN(C)C)(OCCOCCOC)=NP(OCCOCCOC)(OCCOCCOC)=N1. The molecule has 0 aliphatic carbocycles. The summed E-state index contributed by atoms with van der Waals surface area (Å²) in [5.41, 5.74) is 0. The minimum Gasteiger partial charge on any atom is -0.382 e. The van der Waals surface area contributed by atoms with Crippen LogP contribution in [0.5, 0.6) is 0 Å². The van der Waals surface area contributed by atoms with Crippen molar-refractivity contribution in [1.82, 2.24) is 20.0 Å². The molecule has 1 aliphatic rings. The molecule has 0 saturated carbocycles. The Morgan fingerprint density at radius 2 is 0.731 bits per heavy atom. The van der Waals surface area contributed by atoms with Crippen LogP contribution in [0.3, 0.4) is 0 Å². The molecule has 0 fully saturated rings. The minimum absolute atomic E-state index is 0.149. The average molecular weight is 814 g/mol. The predicted molar refractivity (Wildman–Crippen MR) is 205 cm³/mol. The van der Waals surface area contributed by atoms with Gasteiger partial charge in [0.25, 0.3) is 15.2 Å². The number of ether oxygens (including phenoxy) is 8. The third-order valence-corrected chi connectivity index (χ3v) is 15.7. The fraction of sp³-hybridized carbons (Fsp3) is 1.00. The van der Waals surface area contributed by atoms with Gasteiger partial charge in [-0.25, -0.2) is 10.2 Å². The van der Waals surface area contributed by atoms with Crippen LogP contribution in [0.15, 0.2) is 13.5 Å². The molecule has 22 heteroatoms. The Bertz CT molecular complexity index is 979. The van der Waals surface area contributed by atoms with Crippen LogP contribution in [0.25, 0.3) is 0 Å². The highest BCUT2D eigenvalue weighted by atomic mass is 31.3. The first kappa shape index (κ1) is 50.1. The van der Waals surface area contributed by atoms with Gasteiger partial charge in [0.2, 0.25) is 0 Å². The lowest BCUT2D eigenvalue weighted by molar-refractivity contribution is 0.0441. The maximum Gasteiger partial charge on any atom is 0.347 e. The Balaban J connectivity index is 3.74. The van der Waals surface area contributed by atoms with Crippen molar-refractivity contribution < 1.29 is 56.0 Å². The molecule has 1 heterocycles. The molecule has 0 spiro atoms. The number of hydrogen-bond acceptors (Lipinski definition) is 19. The molecule has 2 unspecified atom stereocenters. The van der Waals surface area contributed by atoms with Gasteiger partial charge in [0.15, 0.2) is 0 Å². The highest BCUT2D eigenvalue weighted by molar-refractivity contribution is 7.80. The molecule has 0 aromatic carbocycles. The minimum atomic E-state index is -3.50. The first-order chi connectivity index (χ1) is 25.2. The second kappa shape index (κ2) is 32.2. The van der Waals surface area contributed by atoms with E-state index < -0.39 is 22.8 Å². The van der Waals surface area contributed by atoms with Gasteiger partial charge in [-0.2, -0.15) is 13.5 Å². The van der Waals surface area contributed by atoms with E-state index in [1.54, 1.807) is 28.4 Å². The first-order valence-electron chi connectivity index (χ1n) is 17.8. The van der Waals surface area contributed by atoms with Gasteiger partial charge in [0, 0.05) is 41.5 Å². The molecule has 0 aromatic heterocycles. The highest BCUT2D eigenvalue weighted by Crippen LogP contribution is 2.77. The molecule has 0 amide bonds. The van der Waals surface area contributed by atoms with Crippen LogP contribution in [-0.2, 0) is 56.0 Å². The van der Waals surface area contributed by atoms with Gasteiger partial charge in [-0.3, -0.25) is 0 Å². The maximum absolute atomic E-state index is 6.64. The van der Waals surface area contributed by atoms with E-state index in [4.69, 9.17) is 69.5 Å². The van der Waals surface area contributed by atoms with Crippen molar-refractivity contribution >= 4 is 22.8 Å². The Morgan fingerprint density at radius 1 is 0.404 bits per heavy atom. The molecule has 1 rings (SSSR count). The molecular formula is C30H70N7O12P3. The van der Waals surface area contributed by atoms with E-state index in [1.807, 2.05) is 28.2 Å². The van der Waals surface area contributed by atoms with Gasteiger partial charge < -0.3 is 65.8 Å². The summed E-state index contributed by atoms with van der Waals surface area (Å²) in [5.74, 6) is 0. The monoisotopic (exact) mass is 813 g/mol. The average Bonchev–Trinajstić information content (AvgIpc) is 3.11. The van der Waals surface area contributed by atoms with E-state index >= 15 is 0 Å². The van der Waals surface area contributed by atoms with Crippen molar-refractivity contribution in [2.45, 2.75) is 12.8 Å². The Kier molecular flexibility index (Phi) is 31.0. The van der Waals surface area contributed by atoms with Gasteiger partial charge in [-0.15, -0.1) is 0 Å². The van der Waals surface area contributed by atoms with Crippen LogP contribution >= 0.6 is 22.8 Å². The summed E-state index contributed by atoms with van der Waals surface area (Å²) in [6.45, 7) is 8.20. The van der Waals surface area contributed by atoms with Gasteiger partial charge in [0.05, 0.1) is 106 Å². The fourth-order valence-electron chi connectivity index (χ4n) is 4.08. The largest absolute Gasteiger partial charge is 0.382 e. The van der Waals surface area contributed by atoms with Crippen molar-refractivity contribution in [2.24, 2.45) is 13.5 Å². The number of nitrogens with zero attached hydrogens (tertiary/aromatic N) is 5. The van der Waals surface area contributed by atoms with E-state index in [9.17, 15) is 0 Å². The molecular weight excluding hydrogens is 743 g/mol. The first-order valence-corrected chi connectivity index (χ1v) is 22.5. The number of methoxy groups -OCH3 is 4. The van der Waals surface area contributed by atoms with Crippen LogP contribution in [0.4, 0.5) is 0 Å². The zero-order valence-electron chi connectivity index (χ0n) is 33.0. The number of rotatable bonds is 38. The van der Waals surface area contributed by atoms with E-state index in [2.05, 4.69) is 20.0 Å². The zero-order valence-corrected chi connectivity index (χ0v) is 35.7. The van der Waals surface area contributed by atoms with Crippen LogP contribution in [0.2, 0.25) is 0 Å². The van der Waals surface area contributed by atoms with E-state index in [1.165, 1.54) is 0 Å². The van der Waals surface area contributed by atoms with E-state index in [0.717, 1.165) is 25.9 Å². The molecule has 0 bridgehead atoms. The number of nitrogens with one attached hydrogen (secondary N) is 2. The zero-order chi connectivity index (χ0) is 38.2. The second-order valence-electron chi connectivity index (χ2n) is 11.7. The van der Waals surface area contributed by atoms with Crippen LogP contribution < -0.4 is 10.2 Å². The lowest BCUT2D eigenvalue weighted by Gasteiger charge is -2.35. The van der Waals surface area contributed by atoms with Gasteiger partial charge >= 0.3 is 7.66 Å². The summed E-state index contributed by atoms with van der Waals surface area (Å²) in [6, 6.07) is 0. The van der Waals surface area contributed by atoms with Crippen molar-refractivity contribution in [3.8, 4) is 0 Å². The standard InChI is InChI=1S/C30H70N7O12P3/c1-36(2)13-9-11-31-50(46-27-23-42-19-15-38-5)33-51(32-12-10-14-37(3)4,47-28-24-43-20-16-39-6)35-52(34-50,48-29-25-44-21-17-40-7)49-30-26-45-22-18-41-8/h31-32H,9-30H2,1-8H3. The Hall–Kier alpha value is 0.0500. The summed E-state index contributed by atoms with van der Waals surface area (Å²) < 4.78 is 85.6. The Labute approximate surface area is 313 Å². The topological polar surface area (TPSA) is 178 Å². The molecule has 0 radical (unpaired) electrons. The van der Waals surface area contributed by atoms with Crippen LogP contribution in [0, 0.1) is 0 Å². The summed E-state index contributed by atoms with van der Waals surface area (Å²) in [4.78, 5) is 4.24. The van der Waals surface area contributed by atoms with Crippen molar-refractivity contribution in [3.63, 3.8) is 0 Å². The lowest BCUT2D eigenvalue weighted by Crippen LogP contribution is -2.24. The predicted octanol–water partition coefficient (Wildman–Crippen LogP) is 3.64. The van der Waals surface area contributed by atoms with Gasteiger partial charge in [-0.1, -0.05) is 0 Å². The summed E-state index contributed by atoms with van der Waals surface area (Å²) in [6.07, 6.45) is 1.63. The molecule has 1 aliphatic heterocycles. The lowest BCUT2D eigenvalue weighted by atomic mass is 10.4. The molecule has 0 aromatic rings. The van der Waals surface area contributed by atoms with Crippen LogP contribution in [-0.4, -0.2) is 198 Å². The smallest absolute Gasteiger partial charge is 0.347 e. The summed E-state index contributed by atoms with van der Waals surface area (Å²) in [5, 5.41) is 7.16. The molecule has 52 heavy (non-hydrogen) atoms. The summed E-state index contributed by atoms with van der Waals surface area (Å²) >= 11 is 0. The number of hydrogen-bond donors (Lipinski definition) is 2. The second-order valence-corrected chi connectivity index (χ2v) is 18.7. The third kappa shape index (κ3) is 24.5. The third-order valence-electron chi connectivity index (χ3n) is 6.61. The normalized spacial score (nSPS) is 20.0. The van der Waals surface area contributed by atoms with Gasteiger partial charge in [-0.05, 0) is 54.1 Å². The highest BCUT2D eigenvalue weighted by Gasteiger charge is 2.41. The summed E-state index contributed by atoms with van der Waals surface area (Å²) in [7, 11) is 4.61. The quantitative estimate of drug-likeness (QED) is 0.0682. The van der Waals surface area contributed by atoms with Crippen LogP contribution in [0.1, 0.15) is 12.8 Å². The van der Waals surface area contributed by atoms with Gasteiger partial charge in [0.1, 0.15) is 0 Å². The molecule has 2 N–H and O–H groups in total. The Morgan fingerprint density at radius 3 is 1.08 bits per heavy atom. The maximum atomic E-state index is 6.64. The van der Waals surface area contributed by atoms with Crippen molar-refractivity contribution in [1.29, 1.82) is 0 Å². The van der Waals surface area contributed by atoms with E-state index in [0.29, 0.717) is 79.2 Å². The molecule has 0 saturated heterocycles. The molecule has 312 valence electrons. The molecule has 2 atom stereocenters. The van der Waals surface area contributed by atoms with Crippen molar-refractivity contribution in [2.75, 3.05) is 189 Å². The fourth-order valence-corrected chi connectivity index (χ4v) is 14.3. The molecule has 19 nitrogen and oxygen atoms in total.